The van der Waals surface area contributed by atoms with E-state index in [1.54, 1.807) is 6.07 Å². The number of pyridine rings is 1. The highest BCUT2D eigenvalue weighted by Crippen LogP contribution is 2.59. The predicted molar refractivity (Wildman–Crippen MR) is 185 cm³/mol. The lowest BCUT2D eigenvalue weighted by Gasteiger charge is -2.37. The highest BCUT2D eigenvalue weighted by molar-refractivity contribution is 7.90. The number of hydrogen-bond donors (Lipinski definition) is 1. The van der Waals surface area contributed by atoms with Crippen molar-refractivity contribution in [3.63, 3.8) is 0 Å². The average molecular weight is 770 g/mol. The standard InChI is InChI=1S/C35H43ClF3N5O7S/c1-32(2,3)51-31(46)44-23(13-15-33(44,4)5)8-7-20-49-24-9-6-10-25(22-24)52(47,48)42-30(45)26-11-12-27(40-29(26)36)43-19-14-28(41-43)50-21-18-34(16-17-34)35(37,38)39/h6,9-12,14,19,22-23H,7-8,13,15-18,20-21H2,1-5H3,(H,42,45). The quantitative estimate of drug-likeness (QED) is 0.138. The first-order valence-corrected chi connectivity index (χ1v) is 18.8. The summed E-state index contributed by atoms with van der Waals surface area (Å²) in [4.78, 5) is 31.7. The molecule has 2 fully saturated rings. The van der Waals surface area contributed by atoms with Gasteiger partial charge in [0.15, 0.2) is 5.82 Å². The second-order valence-electron chi connectivity index (χ2n) is 14.7. The molecule has 1 atom stereocenters. The van der Waals surface area contributed by atoms with Gasteiger partial charge in [-0.3, -0.25) is 4.79 Å². The van der Waals surface area contributed by atoms with Gasteiger partial charge in [-0.1, -0.05) is 17.7 Å². The Bertz CT molecular complexity index is 1890. The Kier molecular flexibility index (Phi) is 11.1. The van der Waals surface area contributed by atoms with Crippen LogP contribution in [0.5, 0.6) is 11.6 Å². The lowest BCUT2D eigenvalue weighted by Crippen LogP contribution is -2.49. The van der Waals surface area contributed by atoms with Crippen LogP contribution in [0.1, 0.15) is 89.9 Å². The maximum atomic E-state index is 13.2. The highest BCUT2D eigenvalue weighted by Gasteiger charge is 2.62. The monoisotopic (exact) mass is 769 g/mol. The van der Waals surface area contributed by atoms with Gasteiger partial charge in [-0.2, -0.15) is 13.2 Å². The minimum Gasteiger partial charge on any atom is -0.494 e. The van der Waals surface area contributed by atoms with Gasteiger partial charge < -0.3 is 19.1 Å². The first-order valence-electron chi connectivity index (χ1n) is 16.9. The van der Waals surface area contributed by atoms with Crippen LogP contribution in [0.4, 0.5) is 18.0 Å². The molecule has 2 aliphatic rings. The number of halogens is 4. The number of nitrogens with zero attached hydrogens (tertiary/aromatic N) is 4. The fourth-order valence-electron chi connectivity index (χ4n) is 6.13. The van der Waals surface area contributed by atoms with Crippen molar-refractivity contribution < 1.29 is 45.4 Å². The molecule has 0 spiro atoms. The van der Waals surface area contributed by atoms with Crippen molar-refractivity contribution in [1.82, 2.24) is 24.4 Å². The van der Waals surface area contributed by atoms with Crippen LogP contribution in [0, 0.1) is 5.41 Å². The molecule has 5 rings (SSSR count). The van der Waals surface area contributed by atoms with Crippen LogP contribution in [0.2, 0.25) is 5.15 Å². The third kappa shape index (κ3) is 9.29. The van der Waals surface area contributed by atoms with Gasteiger partial charge in [0.05, 0.1) is 29.1 Å². The normalized spacial score (nSPS) is 18.2. The largest absolute Gasteiger partial charge is 0.494 e. The van der Waals surface area contributed by atoms with Gasteiger partial charge in [-0.05, 0) is 104 Å². The topological polar surface area (TPSA) is 142 Å². The van der Waals surface area contributed by atoms with Crippen molar-refractivity contribution in [2.75, 3.05) is 13.2 Å². The molecule has 1 N–H and O–H groups in total. The van der Waals surface area contributed by atoms with E-state index >= 15 is 0 Å². The molecular weight excluding hydrogens is 727 g/mol. The number of carbonyl (C=O) groups is 2. The van der Waals surface area contributed by atoms with E-state index in [0.29, 0.717) is 12.8 Å². The molecule has 3 aromatic rings. The zero-order valence-corrected chi connectivity index (χ0v) is 31.2. The Morgan fingerprint density at radius 2 is 1.77 bits per heavy atom. The van der Waals surface area contributed by atoms with E-state index in [1.165, 1.54) is 47.3 Å². The predicted octanol–water partition coefficient (Wildman–Crippen LogP) is 7.49. The van der Waals surface area contributed by atoms with Gasteiger partial charge >= 0.3 is 12.3 Å². The molecule has 2 aromatic heterocycles. The molecule has 1 unspecified atom stereocenters. The third-order valence-corrected chi connectivity index (χ3v) is 10.8. The molecule has 1 saturated carbocycles. The number of amides is 2. The van der Waals surface area contributed by atoms with Crippen molar-refractivity contribution in [1.29, 1.82) is 0 Å². The molecule has 1 saturated heterocycles. The van der Waals surface area contributed by atoms with Gasteiger partial charge in [0, 0.05) is 29.9 Å². The highest BCUT2D eigenvalue weighted by atomic mass is 35.5. The van der Waals surface area contributed by atoms with Crippen LogP contribution in [0.3, 0.4) is 0 Å². The second-order valence-corrected chi connectivity index (χ2v) is 16.8. The van der Waals surface area contributed by atoms with Gasteiger partial charge in [-0.25, -0.2) is 27.6 Å². The lowest BCUT2D eigenvalue weighted by atomic mass is 10.0. The maximum absolute atomic E-state index is 13.2. The van der Waals surface area contributed by atoms with Crippen molar-refractivity contribution in [2.24, 2.45) is 5.41 Å². The van der Waals surface area contributed by atoms with Gasteiger partial charge in [-0.15, -0.1) is 5.10 Å². The summed E-state index contributed by atoms with van der Waals surface area (Å²) < 4.78 is 85.9. The van der Waals surface area contributed by atoms with E-state index in [9.17, 15) is 31.2 Å². The fraction of sp³-hybridized carbons (Fsp3) is 0.543. The van der Waals surface area contributed by atoms with E-state index in [1.807, 2.05) is 44.2 Å². The number of alkyl halides is 3. The summed E-state index contributed by atoms with van der Waals surface area (Å²) in [5.74, 6) is -0.498. The van der Waals surface area contributed by atoms with Gasteiger partial charge in [0.1, 0.15) is 16.5 Å². The van der Waals surface area contributed by atoms with E-state index in [4.69, 9.17) is 25.8 Å². The Morgan fingerprint density at radius 3 is 2.42 bits per heavy atom. The van der Waals surface area contributed by atoms with Crippen molar-refractivity contribution in [3.05, 3.63) is 59.4 Å². The van der Waals surface area contributed by atoms with E-state index in [-0.39, 0.29) is 83.2 Å². The Hall–Kier alpha value is -4.05. The van der Waals surface area contributed by atoms with E-state index in [2.05, 4.69) is 10.1 Å². The zero-order valence-electron chi connectivity index (χ0n) is 29.6. The van der Waals surface area contributed by atoms with Crippen LogP contribution in [0.15, 0.2) is 53.6 Å². The van der Waals surface area contributed by atoms with Crippen molar-refractivity contribution in [3.8, 4) is 17.4 Å². The molecule has 1 aromatic carbocycles. The van der Waals surface area contributed by atoms with Crippen LogP contribution < -0.4 is 14.2 Å². The number of hydrogen-bond acceptors (Lipinski definition) is 9. The molecule has 1 aliphatic heterocycles. The summed E-state index contributed by atoms with van der Waals surface area (Å²) in [6, 6.07) is 9.78. The van der Waals surface area contributed by atoms with Crippen LogP contribution in [0.25, 0.3) is 5.82 Å². The number of sulfonamides is 1. The first kappa shape index (κ1) is 39.2. The van der Waals surface area contributed by atoms with Crippen molar-refractivity contribution >= 4 is 33.6 Å². The Morgan fingerprint density at radius 1 is 1.04 bits per heavy atom. The average Bonchev–Trinajstić information content (AvgIpc) is 3.58. The number of ether oxygens (including phenoxy) is 3. The molecule has 0 bridgehead atoms. The minimum atomic E-state index is -4.35. The third-order valence-electron chi connectivity index (χ3n) is 9.15. The number of benzene rings is 1. The summed E-state index contributed by atoms with van der Waals surface area (Å²) in [6.45, 7) is 9.64. The Balaban J connectivity index is 1.13. The van der Waals surface area contributed by atoms with Crippen molar-refractivity contribution in [2.45, 2.75) is 108 Å². The molecule has 12 nitrogen and oxygen atoms in total. The minimum absolute atomic E-state index is 0.0174. The molecule has 52 heavy (non-hydrogen) atoms. The number of nitrogens with one attached hydrogen (secondary N) is 1. The van der Waals surface area contributed by atoms with E-state index in [0.717, 1.165) is 12.8 Å². The summed E-state index contributed by atoms with van der Waals surface area (Å²) in [6.07, 6.45) is -0.223. The number of carbonyl (C=O) groups excluding carboxylic acids is 2. The molecule has 17 heteroatoms. The molecule has 2 amide bonds. The molecule has 0 radical (unpaired) electrons. The number of rotatable bonds is 13. The summed E-state index contributed by atoms with van der Waals surface area (Å²) in [7, 11) is -4.35. The Labute approximate surface area is 306 Å². The smallest absolute Gasteiger partial charge is 0.410 e. The summed E-state index contributed by atoms with van der Waals surface area (Å²) in [5.41, 5.74) is -2.86. The fourth-order valence-corrected chi connectivity index (χ4v) is 7.37. The summed E-state index contributed by atoms with van der Waals surface area (Å²) >= 11 is 6.26. The molecule has 3 heterocycles. The molecule has 284 valence electrons. The first-order chi connectivity index (χ1) is 24.2. The van der Waals surface area contributed by atoms with Crippen LogP contribution in [-0.2, 0) is 14.8 Å². The summed E-state index contributed by atoms with van der Waals surface area (Å²) in [5, 5.41) is 3.83. The van der Waals surface area contributed by atoms with Gasteiger partial charge in [0.2, 0.25) is 5.88 Å². The number of aromatic nitrogens is 3. The SMILES string of the molecule is CC(C)(C)OC(=O)N1C(CCCOc2cccc(S(=O)(=O)NC(=O)c3ccc(-n4ccc(OCCC5(C(F)(F)F)CC5)n4)nc3Cl)c2)CCC1(C)C. The van der Waals surface area contributed by atoms with Crippen LogP contribution in [-0.4, -0.2) is 76.7 Å². The van der Waals surface area contributed by atoms with Gasteiger partial charge in [0.25, 0.3) is 15.9 Å². The maximum Gasteiger partial charge on any atom is 0.410 e. The molecular formula is C35H43ClF3N5O7S. The van der Waals surface area contributed by atoms with E-state index < -0.39 is 33.1 Å². The zero-order chi connectivity index (χ0) is 38.1. The second kappa shape index (κ2) is 14.8. The molecule has 1 aliphatic carbocycles. The lowest BCUT2D eigenvalue weighted by molar-refractivity contribution is -0.190. The van der Waals surface area contributed by atoms with Crippen LogP contribution >= 0.6 is 11.6 Å². The number of likely N-dealkylation sites (tertiary alicyclic amines) is 1.